The van der Waals surface area contributed by atoms with Gasteiger partial charge in [0.05, 0.1) is 12.2 Å². The predicted octanol–water partition coefficient (Wildman–Crippen LogP) is 3.18. The van der Waals surface area contributed by atoms with Gasteiger partial charge in [-0.15, -0.1) is 36.2 Å². The highest BCUT2D eigenvalue weighted by atomic mass is 35.5. The molecule has 9 heteroatoms. The van der Waals surface area contributed by atoms with Gasteiger partial charge in [-0.25, -0.2) is 4.98 Å². The summed E-state index contributed by atoms with van der Waals surface area (Å²) in [5, 5.41) is 5.31. The molecule has 1 atom stereocenters. The van der Waals surface area contributed by atoms with Gasteiger partial charge in [-0.2, -0.15) is 0 Å². The third-order valence-corrected chi connectivity index (χ3v) is 4.78. The Morgan fingerprint density at radius 2 is 2.28 bits per heavy atom. The fourth-order valence-electron chi connectivity index (χ4n) is 2.68. The van der Waals surface area contributed by atoms with E-state index in [-0.39, 0.29) is 36.8 Å². The van der Waals surface area contributed by atoms with Gasteiger partial charge in [0.2, 0.25) is 0 Å². The number of aromatic nitrogens is 2. The van der Waals surface area contributed by atoms with Crippen LogP contribution in [0.3, 0.4) is 0 Å². The van der Waals surface area contributed by atoms with Crippen molar-refractivity contribution in [2.45, 2.75) is 25.3 Å². The van der Waals surface area contributed by atoms with E-state index in [0.717, 1.165) is 30.3 Å². The van der Waals surface area contributed by atoms with Crippen LogP contribution in [0.4, 0.5) is 5.13 Å². The largest absolute Gasteiger partial charge is 0.490 e. The smallest absolute Gasteiger partial charge is 0.270 e. The molecule has 0 spiro atoms. The molecule has 138 valence electrons. The first kappa shape index (κ1) is 21.5. The lowest BCUT2D eigenvalue weighted by Gasteiger charge is -2.35. The van der Waals surface area contributed by atoms with Crippen LogP contribution in [-0.2, 0) is 0 Å². The van der Waals surface area contributed by atoms with Crippen LogP contribution >= 0.6 is 36.2 Å². The average Bonchev–Trinajstić information content (AvgIpc) is 3.10. The van der Waals surface area contributed by atoms with E-state index in [9.17, 15) is 4.79 Å². The van der Waals surface area contributed by atoms with E-state index in [1.807, 2.05) is 17.5 Å². The first-order valence-corrected chi connectivity index (χ1v) is 8.63. The van der Waals surface area contributed by atoms with E-state index in [2.05, 4.69) is 20.2 Å². The van der Waals surface area contributed by atoms with Gasteiger partial charge >= 0.3 is 0 Å². The minimum Gasteiger partial charge on any atom is -0.490 e. The van der Waals surface area contributed by atoms with Gasteiger partial charge in [-0.05, 0) is 31.4 Å². The molecule has 2 aromatic rings. The van der Waals surface area contributed by atoms with Gasteiger partial charge in [-0.1, -0.05) is 0 Å². The minimum absolute atomic E-state index is 0. The third-order valence-electron chi connectivity index (χ3n) is 3.90. The fraction of sp³-hybridized carbons (Fsp3) is 0.438. The number of rotatable bonds is 5. The van der Waals surface area contributed by atoms with Crippen molar-refractivity contribution in [2.75, 3.05) is 25.1 Å². The van der Waals surface area contributed by atoms with Crippen molar-refractivity contribution < 1.29 is 9.53 Å². The van der Waals surface area contributed by atoms with Gasteiger partial charge in [0.15, 0.2) is 5.13 Å². The zero-order valence-corrected chi connectivity index (χ0v) is 16.3. The number of hydrogen-bond acceptors (Lipinski definition) is 6. The Bertz CT molecular complexity index is 657. The predicted molar refractivity (Wildman–Crippen MR) is 105 cm³/mol. The lowest BCUT2D eigenvalue weighted by atomic mass is 10.0. The van der Waals surface area contributed by atoms with Crippen molar-refractivity contribution in [3.63, 3.8) is 0 Å². The first-order valence-electron chi connectivity index (χ1n) is 7.75. The molecule has 0 radical (unpaired) electrons. The highest BCUT2D eigenvalue weighted by Gasteiger charge is 2.26. The SMILES string of the molecule is CNC(=O)c1csc(N2CCCCC2COc2cccnc2)n1.Cl.Cl. The van der Waals surface area contributed by atoms with E-state index in [1.54, 1.807) is 19.4 Å². The maximum Gasteiger partial charge on any atom is 0.270 e. The lowest BCUT2D eigenvalue weighted by Crippen LogP contribution is -2.43. The molecule has 6 nitrogen and oxygen atoms in total. The zero-order chi connectivity index (χ0) is 16.1. The maximum atomic E-state index is 11.7. The van der Waals surface area contributed by atoms with Crippen LogP contribution in [0.1, 0.15) is 29.8 Å². The van der Waals surface area contributed by atoms with Crippen molar-refractivity contribution in [1.82, 2.24) is 15.3 Å². The molecule has 0 bridgehead atoms. The van der Waals surface area contributed by atoms with Crippen LogP contribution < -0.4 is 15.0 Å². The zero-order valence-electron chi connectivity index (χ0n) is 13.9. The number of anilines is 1. The van der Waals surface area contributed by atoms with Gasteiger partial charge < -0.3 is 15.0 Å². The molecule has 1 aliphatic rings. The standard InChI is InChI=1S/C16H20N4O2S.2ClH/c1-17-15(21)14-11-23-16(19-14)20-8-3-2-5-12(20)10-22-13-6-4-7-18-9-13;;/h4,6-7,9,11-12H,2-3,5,8,10H2,1H3,(H,17,21);2*1H. The Kier molecular flexibility index (Phi) is 8.96. The molecule has 25 heavy (non-hydrogen) atoms. The lowest BCUT2D eigenvalue weighted by molar-refractivity contribution is 0.0959. The summed E-state index contributed by atoms with van der Waals surface area (Å²) in [5.74, 6) is 0.635. The molecule has 2 aromatic heterocycles. The van der Waals surface area contributed by atoms with Gasteiger partial charge in [0, 0.05) is 25.2 Å². The number of carbonyl (C=O) groups is 1. The van der Waals surface area contributed by atoms with Crippen LogP contribution in [0.15, 0.2) is 29.9 Å². The van der Waals surface area contributed by atoms with E-state index in [0.29, 0.717) is 12.3 Å². The van der Waals surface area contributed by atoms with E-state index < -0.39 is 0 Å². The van der Waals surface area contributed by atoms with Crippen LogP contribution in [0, 0.1) is 0 Å². The number of piperidine rings is 1. The van der Waals surface area contributed by atoms with Gasteiger partial charge in [-0.3, -0.25) is 9.78 Å². The first-order chi connectivity index (χ1) is 11.3. The number of halogens is 2. The number of pyridine rings is 1. The van der Waals surface area contributed by atoms with Crippen LogP contribution in [0.2, 0.25) is 0 Å². The number of thiazole rings is 1. The van der Waals surface area contributed by atoms with Gasteiger partial charge in [0.25, 0.3) is 5.91 Å². The van der Waals surface area contributed by atoms with E-state index >= 15 is 0 Å². The van der Waals surface area contributed by atoms with Crippen molar-refractivity contribution in [1.29, 1.82) is 0 Å². The Labute approximate surface area is 163 Å². The highest BCUT2D eigenvalue weighted by molar-refractivity contribution is 7.13. The molecule has 1 fully saturated rings. The number of hydrogen-bond donors (Lipinski definition) is 1. The minimum atomic E-state index is -0.146. The summed E-state index contributed by atoms with van der Waals surface area (Å²) in [6.45, 7) is 1.54. The number of nitrogens with zero attached hydrogens (tertiary/aromatic N) is 3. The monoisotopic (exact) mass is 404 g/mol. The fourth-order valence-corrected chi connectivity index (χ4v) is 3.58. The van der Waals surface area contributed by atoms with Crippen LogP contribution in [0.5, 0.6) is 5.75 Å². The average molecular weight is 405 g/mol. The number of amides is 1. The number of nitrogens with one attached hydrogen (secondary N) is 1. The second-order valence-electron chi connectivity index (χ2n) is 5.44. The molecular formula is C16H22Cl2N4O2S. The molecule has 3 rings (SSSR count). The van der Waals surface area contributed by atoms with Crippen molar-refractivity contribution in [2.24, 2.45) is 0 Å². The molecule has 0 saturated carbocycles. The summed E-state index contributed by atoms with van der Waals surface area (Å²) in [6, 6.07) is 4.05. The van der Waals surface area contributed by atoms with E-state index in [4.69, 9.17) is 4.74 Å². The summed E-state index contributed by atoms with van der Waals surface area (Å²) >= 11 is 1.51. The van der Waals surface area contributed by atoms with Crippen LogP contribution in [0.25, 0.3) is 0 Å². The molecule has 1 aliphatic heterocycles. The molecule has 3 heterocycles. The van der Waals surface area contributed by atoms with Crippen molar-refractivity contribution >= 4 is 47.2 Å². The molecule has 1 unspecified atom stereocenters. The Hall–Kier alpha value is -1.57. The highest BCUT2D eigenvalue weighted by Crippen LogP contribution is 2.28. The normalized spacial score (nSPS) is 16.4. The molecule has 0 aliphatic carbocycles. The summed E-state index contributed by atoms with van der Waals surface area (Å²) in [4.78, 5) is 22.5. The summed E-state index contributed by atoms with van der Waals surface area (Å²) < 4.78 is 5.87. The molecule has 1 amide bonds. The Morgan fingerprint density at radius 3 is 3.00 bits per heavy atom. The second kappa shape index (κ2) is 10.4. The maximum absolute atomic E-state index is 11.7. The van der Waals surface area contributed by atoms with Crippen molar-refractivity contribution in [3.05, 3.63) is 35.6 Å². The van der Waals surface area contributed by atoms with Crippen molar-refractivity contribution in [3.8, 4) is 5.75 Å². The quantitative estimate of drug-likeness (QED) is 0.828. The summed E-state index contributed by atoms with van der Waals surface area (Å²) in [5.41, 5.74) is 0.477. The number of ether oxygens (including phenoxy) is 1. The molecule has 1 N–H and O–H groups in total. The topological polar surface area (TPSA) is 67.4 Å². The van der Waals surface area contributed by atoms with Gasteiger partial charge in [0.1, 0.15) is 18.1 Å². The van der Waals surface area contributed by atoms with Crippen LogP contribution in [-0.4, -0.2) is 42.1 Å². The third kappa shape index (κ3) is 5.45. The Balaban J connectivity index is 0.00000156. The summed E-state index contributed by atoms with van der Waals surface area (Å²) in [6.07, 6.45) is 6.84. The van der Waals surface area contributed by atoms with E-state index in [1.165, 1.54) is 17.8 Å². The Morgan fingerprint density at radius 1 is 1.44 bits per heavy atom. The number of carbonyl (C=O) groups excluding carboxylic acids is 1. The molecule has 0 aromatic carbocycles. The second-order valence-corrected chi connectivity index (χ2v) is 6.27. The molecular weight excluding hydrogens is 383 g/mol. The summed E-state index contributed by atoms with van der Waals surface area (Å²) in [7, 11) is 1.62. The molecule has 1 saturated heterocycles.